The Labute approximate surface area is 107 Å². The fourth-order valence-electron chi connectivity index (χ4n) is 2.13. The third-order valence-corrected chi connectivity index (χ3v) is 4.82. The lowest BCUT2D eigenvalue weighted by Gasteiger charge is -2.08. The zero-order chi connectivity index (χ0) is 13.2. The quantitative estimate of drug-likeness (QED) is 0.892. The summed E-state index contributed by atoms with van der Waals surface area (Å²) in [6.45, 7) is 1.85. The van der Waals surface area contributed by atoms with E-state index >= 15 is 0 Å². The summed E-state index contributed by atoms with van der Waals surface area (Å²) in [6.07, 6.45) is 2.48. The van der Waals surface area contributed by atoms with Crippen LogP contribution in [0.3, 0.4) is 0 Å². The van der Waals surface area contributed by atoms with Gasteiger partial charge in [-0.3, -0.25) is 9.78 Å². The van der Waals surface area contributed by atoms with Gasteiger partial charge in [0.1, 0.15) is 0 Å². The van der Waals surface area contributed by atoms with Crippen LogP contribution in [0.2, 0.25) is 0 Å². The summed E-state index contributed by atoms with van der Waals surface area (Å²) in [5.41, 5.74) is 1.53. The van der Waals surface area contributed by atoms with Crippen molar-refractivity contribution in [3.63, 3.8) is 0 Å². The minimum Gasteiger partial charge on any atom is -0.326 e. The van der Waals surface area contributed by atoms with Gasteiger partial charge in [-0.15, -0.1) is 0 Å². The van der Waals surface area contributed by atoms with Crippen molar-refractivity contribution < 1.29 is 13.2 Å². The number of aryl methyl sites for hydroxylation is 1. The Morgan fingerprint density at radius 2 is 2.33 bits per heavy atom. The van der Waals surface area contributed by atoms with Gasteiger partial charge >= 0.3 is 0 Å². The first-order valence-corrected chi connectivity index (χ1v) is 7.70. The van der Waals surface area contributed by atoms with E-state index in [0.29, 0.717) is 12.1 Å². The number of hydrogen-bond donors (Lipinski definition) is 1. The van der Waals surface area contributed by atoms with E-state index in [9.17, 15) is 13.2 Å². The maximum Gasteiger partial charge on any atom is 0.224 e. The van der Waals surface area contributed by atoms with Crippen molar-refractivity contribution in [1.29, 1.82) is 0 Å². The largest absolute Gasteiger partial charge is 0.326 e. The highest BCUT2D eigenvalue weighted by molar-refractivity contribution is 7.91. The van der Waals surface area contributed by atoms with E-state index < -0.39 is 9.84 Å². The van der Waals surface area contributed by atoms with Crippen molar-refractivity contribution in [2.45, 2.75) is 19.8 Å². The number of pyridine rings is 1. The summed E-state index contributed by atoms with van der Waals surface area (Å²) in [5, 5.41) is 2.76. The first-order chi connectivity index (χ1) is 8.44. The Hall–Kier alpha value is -1.43. The second-order valence-corrected chi connectivity index (χ2v) is 6.94. The Kier molecular flexibility index (Phi) is 3.65. The van der Waals surface area contributed by atoms with Crippen LogP contribution in [0.5, 0.6) is 0 Å². The number of hydrogen-bond acceptors (Lipinski definition) is 4. The first-order valence-electron chi connectivity index (χ1n) is 5.87. The molecular formula is C12H16N2O3S. The fraction of sp³-hybridized carbons (Fsp3) is 0.500. The molecule has 1 fully saturated rings. The van der Waals surface area contributed by atoms with Gasteiger partial charge in [-0.05, 0) is 31.4 Å². The standard InChI is InChI=1S/C12H16N2O3S/c1-9-6-11(2-4-13-9)14-12(15)7-10-3-5-18(16,17)8-10/h2,4,6,10H,3,5,7-8H2,1H3,(H,13,14,15). The van der Waals surface area contributed by atoms with Gasteiger partial charge in [-0.2, -0.15) is 0 Å². The van der Waals surface area contributed by atoms with Crippen LogP contribution in [-0.2, 0) is 14.6 Å². The lowest BCUT2D eigenvalue weighted by Crippen LogP contribution is -2.17. The predicted octanol–water partition coefficient (Wildman–Crippen LogP) is 1.15. The molecule has 2 heterocycles. The Bertz CT molecular complexity index is 554. The number of rotatable bonds is 3. The van der Waals surface area contributed by atoms with Crippen LogP contribution < -0.4 is 5.32 Å². The molecule has 1 amide bonds. The predicted molar refractivity (Wildman–Crippen MR) is 69.0 cm³/mol. The molecule has 1 atom stereocenters. The molecule has 5 nitrogen and oxygen atoms in total. The zero-order valence-corrected chi connectivity index (χ0v) is 11.0. The molecule has 0 radical (unpaired) electrons. The number of carbonyl (C=O) groups excluding carboxylic acids is 1. The average Bonchev–Trinajstić information content (AvgIpc) is 2.57. The van der Waals surface area contributed by atoms with Gasteiger partial charge in [-0.1, -0.05) is 0 Å². The lowest BCUT2D eigenvalue weighted by molar-refractivity contribution is -0.116. The maximum absolute atomic E-state index is 11.8. The van der Waals surface area contributed by atoms with E-state index in [-0.39, 0.29) is 29.8 Å². The molecule has 1 aromatic rings. The summed E-state index contributed by atoms with van der Waals surface area (Å²) in [7, 11) is -2.91. The molecule has 0 aromatic carbocycles. The van der Waals surface area contributed by atoms with Crippen LogP contribution in [0.4, 0.5) is 5.69 Å². The molecule has 0 bridgehead atoms. The van der Waals surface area contributed by atoms with Crippen molar-refractivity contribution in [1.82, 2.24) is 4.98 Å². The molecule has 2 rings (SSSR count). The van der Waals surface area contributed by atoms with E-state index in [1.807, 2.05) is 6.92 Å². The number of nitrogens with one attached hydrogen (secondary N) is 1. The van der Waals surface area contributed by atoms with E-state index in [0.717, 1.165) is 5.69 Å². The molecule has 18 heavy (non-hydrogen) atoms. The van der Waals surface area contributed by atoms with Crippen LogP contribution >= 0.6 is 0 Å². The topological polar surface area (TPSA) is 76.1 Å². The van der Waals surface area contributed by atoms with E-state index in [4.69, 9.17) is 0 Å². The zero-order valence-electron chi connectivity index (χ0n) is 10.2. The van der Waals surface area contributed by atoms with Crippen LogP contribution in [0.25, 0.3) is 0 Å². The SMILES string of the molecule is Cc1cc(NC(=O)CC2CCS(=O)(=O)C2)ccn1. The molecule has 98 valence electrons. The molecular weight excluding hydrogens is 252 g/mol. The normalized spacial score (nSPS) is 21.7. The number of nitrogens with zero attached hydrogens (tertiary/aromatic N) is 1. The van der Waals surface area contributed by atoms with Crippen molar-refractivity contribution in [3.05, 3.63) is 24.0 Å². The van der Waals surface area contributed by atoms with Gasteiger partial charge in [0.2, 0.25) is 5.91 Å². The molecule has 0 spiro atoms. The molecule has 1 aliphatic rings. The number of carbonyl (C=O) groups is 1. The van der Waals surface area contributed by atoms with E-state index in [1.54, 1.807) is 18.3 Å². The van der Waals surface area contributed by atoms with Crippen LogP contribution in [0.1, 0.15) is 18.5 Å². The highest BCUT2D eigenvalue weighted by atomic mass is 32.2. The van der Waals surface area contributed by atoms with Gasteiger partial charge in [0.25, 0.3) is 0 Å². The molecule has 1 unspecified atom stereocenters. The van der Waals surface area contributed by atoms with E-state index in [1.165, 1.54) is 0 Å². The molecule has 1 N–H and O–H groups in total. The average molecular weight is 268 g/mol. The van der Waals surface area contributed by atoms with Crippen molar-refractivity contribution >= 4 is 21.4 Å². The van der Waals surface area contributed by atoms with Crippen LogP contribution in [0.15, 0.2) is 18.3 Å². The Balaban J connectivity index is 1.90. The summed E-state index contributed by atoms with van der Waals surface area (Å²) < 4.78 is 22.6. The number of aromatic nitrogens is 1. The lowest BCUT2D eigenvalue weighted by atomic mass is 10.1. The van der Waals surface area contributed by atoms with Crippen molar-refractivity contribution in [2.24, 2.45) is 5.92 Å². The number of anilines is 1. The third kappa shape index (κ3) is 3.53. The third-order valence-electron chi connectivity index (χ3n) is 2.98. The second-order valence-electron chi connectivity index (χ2n) is 4.71. The maximum atomic E-state index is 11.8. The van der Waals surface area contributed by atoms with Crippen LogP contribution in [0, 0.1) is 12.8 Å². The van der Waals surface area contributed by atoms with Gasteiger partial charge in [0.05, 0.1) is 11.5 Å². The monoisotopic (exact) mass is 268 g/mol. The highest BCUT2D eigenvalue weighted by Crippen LogP contribution is 2.22. The van der Waals surface area contributed by atoms with Gasteiger partial charge in [0, 0.05) is 24.0 Å². The minimum atomic E-state index is -2.91. The molecule has 1 saturated heterocycles. The molecule has 0 aliphatic carbocycles. The number of sulfone groups is 1. The molecule has 6 heteroatoms. The second kappa shape index (κ2) is 5.06. The summed E-state index contributed by atoms with van der Waals surface area (Å²) in [4.78, 5) is 15.8. The minimum absolute atomic E-state index is 0.0436. The summed E-state index contributed by atoms with van der Waals surface area (Å²) >= 11 is 0. The van der Waals surface area contributed by atoms with Crippen molar-refractivity contribution in [2.75, 3.05) is 16.8 Å². The van der Waals surface area contributed by atoms with Gasteiger partial charge in [-0.25, -0.2) is 8.42 Å². The Morgan fingerprint density at radius 3 is 2.94 bits per heavy atom. The van der Waals surface area contributed by atoms with Crippen molar-refractivity contribution in [3.8, 4) is 0 Å². The van der Waals surface area contributed by atoms with Crippen LogP contribution in [-0.4, -0.2) is 30.8 Å². The smallest absolute Gasteiger partial charge is 0.224 e. The Morgan fingerprint density at radius 1 is 1.56 bits per heavy atom. The molecule has 1 aromatic heterocycles. The van der Waals surface area contributed by atoms with Gasteiger partial charge < -0.3 is 5.32 Å². The summed E-state index contributed by atoms with van der Waals surface area (Å²) in [6, 6.07) is 3.50. The fourth-order valence-corrected chi connectivity index (χ4v) is 3.99. The van der Waals surface area contributed by atoms with Gasteiger partial charge in [0.15, 0.2) is 9.84 Å². The number of amides is 1. The summed E-state index contributed by atoms with van der Waals surface area (Å²) in [5.74, 6) is 0.162. The highest BCUT2D eigenvalue weighted by Gasteiger charge is 2.29. The first kappa shape index (κ1) is 13.0. The molecule has 0 saturated carbocycles. The molecule has 1 aliphatic heterocycles. The van der Waals surface area contributed by atoms with E-state index in [2.05, 4.69) is 10.3 Å².